The minimum absolute atomic E-state index is 0.145. The Morgan fingerprint density at radius 1 is 1.22 bits per heavy atom. The van der Waals surface area contributed by atoms with E-state index in [-0.39, 0.29) is 24.6 Å². The number of nitrogens with one attached hydrogen (secondary N) is 1. The van der Waals surface area contributed by atoms with Gasteiger partial charge >= 0.3 is 0 Å². The number of halogens is 3. The van der Waals surface area contributed by atoms with Crippen molar-refractivity contribution in [2.45, 2.75) is 43.7 Å². The van der Waals surface area contributed by atoms with Crippen LogP contribution in [-0.2, 0) is 13.0 Å². The SMILES string of the molecule is O=C(c1cc2c(Cl)cccn2c1)N1CCc2[nH]nc(C(=O)N3CC(F)(F)CC34CC4)c2C1. The zero-order valence-corrected chi connectivity index (χ0v) is 17.8. The lowest BCUT2D eigenvalue weighted by Crippen LogP contribution is -2.40. The van der Waals surface area contributed by atoms with Crippen LogP contribution in [0.15, 0.2) is 30.6 Å². The summed E-state index contributed by atoms with van der Waals surface area (Å²) in [5.74, 6) is -3.53. The lowest BCUT2D eigenvalue weighted by Gasteiger charge is -2.28. The Morgan fingerprint density at radius 3 is 2.78 bits per heavy atom. The maximum atomic E-state index is 14.1. The second-order valence-electron chi connectivity index (χ2n) is 9.03. The highest BCUT2D eigenvalue weighted by Gasteiger charge is 2.63. The zero-order valence-electron chi connectivity index (χ0n) is 17.1. The molecule has 0 atom stereocenters. The summed E-state index contributed by atoms with van der Waals surface area (Å²) in [6.45, 7) is 0.0877. The molecule has 166 valence electrons. The normalized spacial score (nSPS) is 20.7. The van der Waals surface area contributed by atoms with E-state index in [4.69, 9.17) is 11.6 Å². The minimum Gasteiger partial charge on any atom is -0.334 e. The lowest BCUT2D eigenvalue weighted by atomic mass is 10.0. The fraction of sp³-hybridized carbons (Fsp3) is 0.409. The number of aromatic amines is 1. The van der Waals surface area contributed by atoms with Gasteiger partial charge in [0.25, 0.3) is 17.7 Å². The Labute approximate surface area is 186 Å². The van der Waals surface area contributed by atoms with Crippen molar-refractivity contribution in [1.29, 1.82) is 0 Å². The molecule has 2 fully saturated rings. The van der Waals surface area contributed by atoms with Crippen molar-refractivity contribution in [2.75, 3.05) is 13.1 Å². The quantitative estimate of drug-likeness (QED) is 0.637. The molecule has 7 nitrogen and oxygen atoms in total. The third kappa shape index (κ3) is 2.94. The second-order valence-corrected chi connectivity index (χ2v) is 9.44. The summed E-state index contributed by atoms with van der Waals surface area (Å²) in [6, 6.07) is 5.30. The van der Waals surface area contributed by atoms with E-state index >= 15 is 0 Å². The molecule has 2 amide bonds. The third-order valence-corrected chi connectivity index (χ3v) is 7.19. The van der Waals surface area contributed by atoms with Gasteiger partial charge in [0.15, 0.2) is 5.69 Å². The fourth-order valence-electron chi connectivity index (χ4n) is 5.08. The molecule has 0 unspecified atom stereocenters. The van der Waals surface area contributed by atoms with Crippen LogP contribution in [-0.4, -0.2) is 60.8 Å². The van der Waals surface area contributed by atoms with Crippen LogP contribution >= 0.6 is 11.6 Å². The highest BCUT2D eigenvalue weighted by atomic mass is 35.5. The van der Waals surface area contributed by atoms with Crippen LogP contribution < -0.4 is 0 Å². The molecule has 2 aliphatic heterocycles. The van der Waals surface area contributed by atoms with E-state index in [9.17, 15) is 18.4 Å². The van der Waals surface area contributed by atoms with Crippen molar-refractivity contribution < 1.29 is 18.4 Å². The molecule has 0 aromatic carbocycles. The summed E-state index contributed by atoms with van der Waals surface area (Å²) in [7, 11) is 0. The molecule has 5 heterocycles. The summed E-state index contributed by atoms with van der Waals surface area (Å²) in [4.78, 5) is 29.4. The van der Waals surface area contributed by atoms with Crippen LogP contribution in [0.2, 0.25) is 5.02 Å². The van der Waals surface area contributed by atoms with Crippen LogP contribution in [0.5, 0.6) is 0 Å². The van der Waals surface area contributed by atoms with Gasteiger partial charge in [-0.15, -0.1) is 0 Å². The summed E-state index contributed by atoms with van der Waals surface area (Å²) in [6.07, 6.45) is 4.96. The first-order valence-corrected chi connectivity index (χ1v) is 11.0. The molecule has 1 saturated carbocycles. The smallest absolute Gasteiger partial charge is 0.275 e. The van der Waals surface area contributed by atoms with Gasteiger partial charge in [-0.05, 0) is 31.0 Å². The Balaban J connectivity index is 1.27. The summed E-state index contributed by atoms with van der Waals surface area (Å²) in [5.41, 5.74) is 2.03. The van der Waals surface area contributed by atoms with E-state index in [2.05, 4.69) is 10.2 Å². The first-order valence-electron chi connectivity index (χ1n) is 10.6. The molecule has 0 radical (unpaired) electrons. The average molecular weight is 460 g/mol. The van der Waals surface area contributed by atoms with Crippen molar-refractivity contribution in [2.24, 2.45) is 0 Å². The van der Waals surface area contributed by atoms with E-state index in [1.54, 1.807) is 33.7 Å². The second kappa shape index (κ2) is 6.54. The van der Waals surface area contributed by atoms with E-state index in [0.717, 1.165) is 11.2 Å². The van der Waals surface area contributed by atoms with Crippen LogP contribution in [0.4, 0.5) is 8.78 Å². The molecule has 1 saturated heterocycles. The highest BCUT2D eigenvalue weighted by Crippen LogP contribution is 2.54. The number of carbonyl (C=O) groups excluding carboxylic acids is 2. The Hall–Kier alpha value is -2.94. The van der Waals surface area contributed by atoms with Gasteiger partial charge in [0, 0.05) is 48.6 Å². The van der Waals surface area contributed by atoms with Crippen LogP contribution in [0.1, 0.15) is 51.4 Å². The van der Waals surface area contributed by atoms with Gasteiger partial charge in [0.05, 0.1) is 29.2 Å². The monoisotopic (exact) mass is 459 g/mol. The highest BCUT2D eigenvalue weighted by molar-refractivity contribution is 6.33. The molecule has 32 heavy (non-hydrogen) atoms. The van der Waals surface area contributed by atoms with Gasteiger partial charge in [0.1, 0.15) is 0 Å². The zero-order chi connectivity index (χ0) is 22.3. The van der Waals surface area contributed by atoms with E-state index < -0.39 is 23.9 Å². The number of likely N-dealkylation sites (tertiary alicyclic amines) is 1. The standard InChI is InChI=1S/C22H20ClF2N5O2/c23-15-2-1-6-28-9-13(8-17(15)28)19(31)29-7-3-16-14(10-29)18(27-26-16)20(32)30-12-22(24,25)11-21(30)4-5-21/h1-2,6,8-9H,3-5,7,10-12H2,(H,26,27). The predicted octanol–water partition coefficient (Wildman–Crippen LogP) is 3.53. The number of alkyl halides is 2. The van der Waals surface area contributed by atoms with Crippen LogP contribution in [0.3, 0.4) is 0 Å². The van der Waals surface area contributed by atoms with Gasteiger partial charge in [-0.2, -0.15) is 5.10 Å². The predicted molar refractivity (Wildman–Crippen MR) is 112 cm³/mol. The summed E-state index contributed by atoms with van der Waals surface area (Å²) < 4.78 is 29.9. The lowest BCUT2D eigenvalue weighted by molar-refractivity contribution is 0.0116. The third-order valence-electron chi connectivity index (χ3n) is 6.87. The first-order chi connectivity index (χ1) is 15.3. The first kappa shape index (κ1) is 19.7. The summed E-state index contributed by atoms with van der Waals surface area (Å²) in [5, 5.41) is 7.61. The maximum absolute atomic E-state index is 14.1. The average Bonchev–Trinajstić information content (AvgIpc) is 3.13. The molecule has 1 spiro atoms. The Kier molecular flexibility index (Phi) is 4.03. The van der Waals surface area contributed by atoms with Crippen molar-refractivity contribution in [3.63, 3.8) is 0 Å². The number of pyridine rings is 1. The van der Waals surface area contributed by atoms with Gasteiger partial charge in [0.2, 0.25) is 0 Å². The number of aromatic nitrogens is 3. The molecule has 1 aliphatic carbocycles. The number of H-pyrrole nitrogens is 1. The largest absolute Gasteiger partial charge is 0.334 e. The van der Waals surface area contributed by atoms with Gasteiger partial charge in [-0.3, -0.25) is 14.7 Å². The number of amides is 2. The molecular weight excluding hydrogens is 440 g/mol. The molecule has 0 bridgehead atoms. The number of nitrogens with zero attached hydrogens (tertiary/aromatic N) is 4. The maximum Gasteiger partial charge on any atom is 0.275 e. The van der Waals surface area contributed by atoms with Gasteiger partial charge < -0.3 is 14.2 Å². The molecule has 6 rings (SSSR count). The Morgan fingerprint density at radius 2 is 2.03 bits per heavy atom. The minimum atomic E-state index is -2.87. The van der Waals surface area contributed by atoms with Gasteiger partial charge in [-0.1, -0.05) is 11.6 Å². The van der Waals surface area contributed by atoms with Crippen molar-refractivity contribution in [3.8, 4) is 0 Å². The topological polar surface area (TPSA) is 73.7 Å². The molecule has 1 N–H and O–H groups in total. The molecule has 10 heteroatoms. The molecule has 3 aromatic heterocycles. The number of hydrogen-bond donors (Lipinski definition) is 1. The number of carbonyl (C=O) groups is 2. The Bertz CT molecular complexity index is 1280. The van der Waals surface area contributed by atoms with Crippen molar-refractivity contribution in [3.05, 3.63) is 58.1 Å². The van der Waals surface area contributed by atoms with Crippen molar-refractivity contribution >= 4 is 28.9 Å². The van der Waals surface area contributed by atoms with E-state index in [1.807, 2.05) is 6.20 Å². The number of rotatable bonds is 2. The fourth-order valence-corrected chi connectivity index (χ4v) is 5.31. The summed E-state index contributed by atoms with van der Waals surface area (Å²) >= 11 is 6.23. The van der Waals surface area contributed by atoms with Gasteiger partial charge in [-0.25, -0.2) is 8.78 Å². The number of hydrogen-bond acceptors (Lipinski definition) is 3. The molecule has 3 aromatic rings. The number of fused-ring (bicyclic) bond motifs is 2. The van der Waals surface area contributed by atoms with Crippen LogP contribution in [0, 0.1) is 0 Å². The van der Waals surface area contributed by atoms with Crippen molar-refractivity contribution in [1.82, 2.24) is 24.4 Å². The van der Waals surface area contributed by atoms with E-state index in [1.165, 1.54) is 4.90 Å². The van der Waals surface area contributed by atoms with E-state index in [0.29, 0.717) is 42.0 Å². The molecule has 3 aliphatic rings. The van der Waals surface area contributed by atoms with Crippen LogP contribution in [0.25, 0.3) is 5.52 Å². The molecular formula is C22H20ClF2N5O2.